The van der Waals surface area contributed by atoms with Crippen molar-refractivity contribution in [2.45, 2.75) is 33.4 Å². The van der Waals surface area contributed by atoms with Crippen LogP contribution in [0.1, 0.15) is 40.9 Å². The van der Waals surface area contributed by atoms with E-state index in [0.717, 1.165) is 22.4 Å². The summed E-state index contributed by atoms with van der Waals surface area (Å²) in [6.07, 6.45) is 0. The number of hydrogen-bond acceptors (Lipinski definition) is 3. The molecule has 5 nitrogen and oxygen atoms in total. The van der Waals surface area contributed by atoms with Gasteiger partial charge in [-0.15, -0.1) is 0 Å². The second kappa shape index (κ2) is 9.43. The number of carbonyl (C=O) groups is 1. The highest BCUT2D eigenvalue weighted by atomic mass is 16.2. The van der Waals surface area contributed by atoms with Crippen molar-refractivity contribution in [1.82, 2.24) is 9.47 Å². The summed E-state index contributed by atoms with van der Waals surface area (Å²) >= 11 is 0. The molecule has 1 N–H and O–H groups in total. The van der Waals surface area contributed by atoms with E-state index in [1.54, 1.807) is 0 Å². The van der Waals surface area contributed by atoms with Crippen molar-refractivity contribution >= 4 is 11.7 Å². The highest BCUT2D eigenvalue weighted by Gasteiger charge is 2.21. The van der Waals surface area contributed by atoms with Gasteiger partial charge in [0.2, 0.25) is 5.91 Å². The Labute approximate surface area is 178 Å². The third-order valence-corrected chi connectivity index (χ3v) is 5.72. The fourth-order valence-corrected chi connectivity index (χ4v) is 3.62. The first-order valence-electron chi connectivity index (χ1n) is 10.1. The lowest BCUT2D eigenvalue weighted by molar-refractivity contribution is -0.117. The van der Waals surface area contributed by atoms with Gasteiger partial charge in [-0.25, -0.2) is 0 Å². The maximum absolute atomic E-state index is 12.9. The van der Waals surface area contributed by atoms with Crippen molar-refractivity contribution < 1.29 is 4.79 Å². The third-order valence-electron chi connectivity index (χ3n) is 5.72. The van der Waals surface area contributed by atoms with Crippen LogP contribution in [-0.4, -0.2) is 29.0 Å². The number of carbonyl (C=O) groups excluding carboxylic acids is 1. The number of nitrogens with zero attached hydrogens (tertiary/aromatic N) is 3. The van der Waals surface area contributed by atoms with Crippen LogP contribution in [0.3, 0.4) is 0 Å². The van der Waals surface area contributed by atoms with Gasteiger partial charge < -0.3 is 9.88 Å². The summed E-state index contributed by atoms with van der Waals surface area (Å²) in [5.41, 5.74) is 4.68. The van der Waals surface area contributed by atoms with Crippen LogP contribution in [-0.2, 0) is 11.3 Å². The van der Waals surface area contributed by atoms with Crippen LogP contribution in [0.25, 0.3) is 0 Å². The quantitative estimate of drug-likeness (QED) is 0.628. The molecule has 5 heteroatoms. The normalized spacial score (nSPS) is 11.9. The van der Waals surface area contributed by atoms with Gasteiger partial charge in [-0.2, -0.15) is 5.26 Å². The summed E-state index contributed by atoms with van der Waals surface area (Å²) in [4.78, 5) is 14.9. The molecule has 3 rings (SSSR count). The molecule has 1 atom stereocenters. The maximum atomic E-state index is 12.9. The average Bonchev–Trinajstić information content (AvgIpc) is 2.98. The summed E-state index contributed by atoms with van der Waals surface area (Å²) < 4.78 is 2.02. The standard InChI is InChI=1S/C25H28N4O/c1-18-19(2)29(16-21-11-7-5-8-12-21)25(23(18)15-26)27-24(30)17-28(4)20(3)22-13-9-6-10-14-22/h5-14,20H,16-17H2,1-4H3,(H,27,30)/t20-/m1/s1. The van der Waals surface area contributed by atoms with E-state index >= 15 is 0 Å². The molecule has 0 radical (unpaired) electrons. The minimum Gasteiger partial charge on any atom is -0.326 e. The topological polar surface area (TPSA) is 61.1 Å². The van der Waals surface area contributed by atoms with Crippen molar-refractivity contribution in [3.05, 3.63) is 88.6 Å². The molecule has 0 saturated heterocycles. The van der Waals surface area contributed by atoms with Gasteiger partial charge in [-0.1, -0.05) is 60.7 Å². The lowest BCUT2D eigenvalue weighted by atomic mass is 10.1. The van der Waals surface area contributed by atoms with Crippen LogP contribution >= 0.6 is 0 Å². The first kappa shape index (κ1) is 21.4. The van der Waals surface area contributed by atoms with E-state index in [9.17, 15) is 10.1 Å². The molecule has 0 aliphatic heterocycles. The number of rotatable bonds is 7. The molecule has 3 aromatic rings. The molecule has 1 heterocycles. The van der Waals surface area contributed by atoms with Crippen LogP contribution in [0.2, 0.25) is 0 Å². The second-order valence-electron chi connectivity index (χ2n) is 7.67. The Kier molecular flexibility index (Phi) is 6.71. The highest BCUT2D eigenvalue weighted by Crippen LogP contribution is 2.27. The smallest absolute Gasteiger partial charge is 0.239 e. The van der Waals surface area contributed by atoms with Gasteiger partial charge in [-0.3, -0.25) is 9.69 Å². The van der Waals surface area contributed by atoms with Crippen molar-refractivity contribution in [1.29, 1.82) is 5.26 Å². The highest BCUT2D eigenvalue weighted by molar-refractivity contribution is 5.93. The van der Waals surface area contributed by atoms with Gasteiger partial charge in [0.25, 0.3) is 0 Å². The van der Waals surface area contributed by atoms with E-state index in [2.05, 4.69) is 30.4 Å². The Balaban J connectivity index is 1.80. The number of amides is 1. The molecule has 2 aromatic carbocycles. The summed E-state index contributed by atoms with van der Waals surface area (Å²) in [6.45, 7) is 6.82. The van der Waals surface area contributed by atoms with Gasteiger partial charge >= 0.3 is 0 Å². The molecule has 1 amide bonds. The van der Waals surface area contributed by atoms with Crippen LogP contribution in [0.4, 0.5) is 5.82 Å². The maximum Gasteiger partial charge on any atom is 0.239 e. The van der Waals surface area contributed by atoms with Crippen molar-refractivity contribution in [3.8, 4) is 6.07 Å². The average molecular weight is 401 g/mol. The molecule has 1 aromatic heterocycles. The zero-order valence-corrected chi connectivity index (χ0v) is 18.0. The SMILES string of the molecule is Cc1c(C#N)c(NC(=O)CN(C)[C@H](C)c2ccccc2)n(Cc2ccccc2)c1C. The number of nitriles is 1. The van der Waals surface area contributed by atoms with E-state index < -0.39 is 0 Å². The monoisotopic (exact) mass is 400 g/mol. The molecule has 0 aliphatic carbocycles. The fourth-order valence-electron chi connectivity index (χ4n) is 3.62. The second-order valence-corrected chi connectivity index (χ2v) is 7.67. The number of anilines is 1. The fraction of sp³-hybridized carbons (Fsp3) is 0.280. The minimum atomic E-state index is -0.136. The van der Waals surface area contributed by atoms with E-state index in [-0.39, 0.29) is 18.5 Å². The number of aromatic nitrogens is 1. The Hall–Kier alpha value is -3.36. The Morgan fingerprint density at radius 1 is 1.10 bits per heavy atom. The molecular weight excluding hydrogens is 372 g/mol. The van der Waals surface area contributed by atoms with E-state index in [1.807, 2.05) is 78.9 Å². The zero-order valence-electron chi connectivity index (χ0n) is 18.0. The molecule has 0 unspecified atom stereocenters. The first-order chi connectivity index (χ1) is 14.4. The number of benzene rings is 2. The summed E-state index contributed by atoms with van der Waals surface area (Å²) in [5.74, 6) is 0.436. The van der Waals surface area contributed by atoms with Crippen molar-refractivity contribution in [3.63, 3.8) is 0 Å². The molecule has 0 bridgehead atoms. The largest absolute Gasteiger partial charge is 0.326 e. The predicted molar refractivity (Wildman–Crippen MR) is 120 cm³/mol. The molecule has 0 fully saturated rings. The van der Waals surface area contributed by atoms with Crippen LogP contribution in [0.15, 0.2) is 60.7 Å². The van der Waals surface area contributed by atoms with Crippen molar-refractivity contribution in [2.24, 2.45) is 0 Å². The van der Waals surface area contributed by atoms with Gasteiger partial charge in [0.05, 0.1) is 12.1 Å². The van der Waals surface area contributed by atoms with E-state index in [1.165, 1.54) is 0 Å². The molecular formula is C25H28N4O. The lowest BCUT2D eigenvalue weighted by Gasteiger charge is -2.24. The van der Waals surface area contributed by atoms with Gasteiger partial charge in [0.1, 0.15) is 11.9 Å². The molecule has 0 saturated carbocycles. The van der Waals surface area contributed by atoms with E-state index in [0.29, 0.717) is 17.9 Å². The first-order valence-corrected chi connectivity index (χ1v) is 10.1. The minimum absolute atomic E-state index is 0.104. The van der Waals surface area contributed by atoms with Crippen LogP contribution in [0.5, 0.6) is 0 Å². The molecule has 0 spiro atoms. The molecule has 0 aliphatic rings. The summed E-state index contributed by atoms with van der Waals surface area (Å²) in [6, 6.07) is 22.5. The van der Waals surface area contributed by atoms with Crippen LogP contribution < -0.4 is 5.32 Å². The summed E-state index contributed by atoms with van der Waals surface area (Å²) in [7, 11) is 1.93. The number of likely N-dealkylation sites (N-methyl/N-ethyl adjacent to an activating group) is 1. The summed E-state index contributed by atoms with van der Waals surface area (Å²) in [5, 5.41) is 12.7. The van der Waals surface area contributed by atoms with E-state index in [4.69, 9.17) is 0 Å². The number of nitrogens with one attached hydrogen (secondary N) is 1. The number of hydrogen-bond donors (Lipinski definition) is 1. The van der Waals surface area contributed by atoms with Crippen LogP contribution in [0, 0.1) is 25.2 Å². The Bertz CT molecular complexity index is 1050. The zero-order chi connectivity index (χ0) is 21.7. The van der Waals surface area contributed by atoms with Gasteiger partial charge in [-0.05, 0) is 44.5 Å². The predicted octanol–water partition coefficient (Wildman–Crippen LogP) is 4.66. The Morgan fingerprint density at radius 3 is 2.30 bits per heavy atom. The van der Waals surface area contributed by atoms with Crippen molar-refractivity contribution in [2.75, 3.05) is 18.9 Å². The Morgan fingerprint density at radius 2 is 1.70 bits per heavy atom. The molecule has 154 valence electrons. The third kappa shape index (κ3) is 4.61. The molecule has 30 heavy (non-hydrogen) atoms. The lowest BCUT2D eigenvalue weighted by Crippen LogP contribution is -2.33. The van der Waals surface area contributed by atoms with Gasteiger partial charge in [0.15, 0.2) is 0 Å². The van der Waals surface area contributed by atoms with Gasteiger partial charge in [0, 0.05) is 18.3 Å².